The standard InChI is InChI=1S/C9H18O6/c1-12-4-5-8(13-2)6(10)7(11)9(14-3)15-5/h5-11H,4H2,1-3H3/t5-,6-,7+,8-,9-/m1/s1. The third kappa shape index (κ3) is 2.66. The molecule has 0 spiro atoms. The summed E-state index contributed by atoms with van der Waals surface area (Å²) in [6.45, 7) is 0.266. The molecule has 1 fully saturated rings. The van der Waals surface area contributed by atoms with Crippen LogP contribution in [0, 0.1) is 0 Å². The Morgan fingerprint density at radius 2 is 1.73 bits per heavy atom. The lowest BCUT2D eigenvalue weighted by Gasteiger charge is -2.41. The number of aliphatic hydroxyl groups excluding tert-OH is 2. The Bertz CT molecular complexity index is 187. The van der Waals surface area contributed by atoms with Crippen molar-refractivity contribution in [2.45, 2.75) is 30.7 Å². The van der Waals surface area contributed by atoms with Crippen molar-refractivity contribution in [3.05, 3.63) is 0 Å². The van der Waals surface area contributed by atoms with Crippen LogP contribution in [-0.4, -0.2) is 68.9 Å². The third-order valence-electron chi connectivity index (χ3n) is 2.48. The molecular weight excluding hydrogens is 204 g/mol. The quantitative estimate of drug-likeness (QED) is 0.618. The van der Waals surface area contributed by atoms with Crippen LogP contribution in [-0.2, 0) is 18.9 Å². The molecule has 0 bridgehead atoms. The highest BCUT2D eigenvalue weighted by molar-refractivity contribution is 4.89. The van der Waals surface area contributed by atoms with Crippen LogP contribution in [0.2, 0.25) is 0 Å². The van der Waals surface area contributed by atoms with Crippen molar-refractivity contribution in [3.63, 3.8) is 0 Å². The molecule has 0 saturated carbocycles. The molecule has 0 amide bonds. The summed E-state index contributed by atoms with van der Waals surface area (Å²) in [7, 11) is 4.37. The number of aliphatic hydroxyl groups is 2. The van der Waals surface area contributed by atoms with E-state index in [2.05, 4.69) is 0 Å². The van der Waals surface area contributed by atoms with Crippen molar-refractivity contribution < 1.29 is 29.2 Å². The summed E-state index contributed by atoms with van der Waals surface area (Å²) in [5.41, 5.74) is 0. The fourth-order valence-electron chi connectivity index (χ4n) is 1.69. The first kappa shape index (κ1) is 12.8. The predicted molar refractivity (Wildman–Crippen MR) is 50.4 cm³/mol. The van der Waals surface area contributed by atoms with Gasteiger partial charge in [-0.15, -0.1) is 0 Å². The van der Waals surface area contributed by atoms with E-state index in [-0.39, 0.29) is 6.61 Å². The van der Waals surface area contributed by atoms with Crippen molar-refractivity contribution in [2.75, 3.05) is 27.9 Å². The molecule has 0 aromatic carbocycles. The maximum Gasteiger partial charge on any atom is 0.186 e. The Morgan fingerprint density at radius 1 is 1.07 bits per heavy atom. The molecule has 1 heterocycles. The minimum absolute atomic E-state index is 0.266. The summed E-state index contributed by atoms with van der Waals surface area (Å²) in [5.74, 6) is 0. The molecule has 2 N–H and O–H groups in total. The van der Waals surface area contributed by atoms with Gasteiger partial charge < -0.3 is 29.2 Å². The Morgan fingerprint density at radius 3 is 2.20 bits per heavy atom. The van der Waals surface area contributed by atoms with E-state index in [9.17, 15) is 10.2 Å². The van der Waals surface area contributed by atoms with Gasteiger partial charge in [0.15, 0.2) is 6.29 Å². The average Bonchev–Trinajstić information content (AvgIpc) is 2.24. The molecule has 0 unspecified atom stereocenters. The van der Waals surface area contributed by atoms with Gasteiger partial charge in [0.1, 0.15) is 24.4 Å². The van der Waals surface area contributed by atoms with Crippen LogP contribution in [0.25, 0.3) is 0 Å². The zero-order valence-corrected chi connectivity index (χ0v) is 9.12. The lowest BCUT2D eigenvalue weighted by atomic mass is 9.99. The summed E-state index contributed by atoms with van der Waals surface area (Å²) in [6, 6.07) is 0. The van der Waals surface area contributed by atoms with Gasteiger partial charge in [0.2, 0.25) is 0 Å². The first-order valence-electron chi connectivity index (χ1n) is 4.71. The normalized spacial score (nSPS) is 41.8. The van der Waals surface area contributed by atoms with E-state index in [1.807, 2.05) is 0 Å². The number of hydrogen-bond acceptors (Lipinski definition) is 6. The molecule has 15 heavy (non-hydrogen) atoms. The van der Waals surface area contributed by atoms with Gasteiger partial charge in [0.05, 0.1) is 6.61 Å². The van der Waals surface area contributed by atoms with Crippen LogP contribution in [0.15, 0.2) is 0 Å². The summed E-state index contributed by atoms with van der Waals surface area (Å²) < 4.78 is 20.3. The molecule has 90 valence electrons. The summed E-state index contributed by atoms with van der Waals surface area (Å²) in [6.07, 6.45) is -4.09. The summed E-state index contributed by atoms with van der Waals surface area (Å²) in [4.78, 5) is 0. The van der Waals surface area contributed by atoms with Crippen molar-refractivity contribution in [3.8, 4) is 0 Å². The van der Waals surface area contributed by atoms with Gasteiger partial charge in [-0.2, -0.15) is 0 Å². The minimum atomic E-state index is -1.12. The van der Waals surface area contributed by atoms with Crippen LogP contribution >= 0.6 is 0 Å². The summed E-state index contributed by atoms with van der Waals surface area (Å²) in [5, 5.41) is 19.3. The lowest BCUT2D eigenvalue weighted by Crippen LogP contribution is -2.59. The second kappa shape index (κ2) is 5.74. The van der Waals surface area contributed by atoms with Crippen LogP contribution in [0.1, 0.15) is 0 Å². The molecule has 0 aromatic heterocycles. The maximum atomic E-state index is 9.75. The highest BCUT2D eigenvalue weighted by Crippen LogP contribution is 2.23. The van der Waals surface area contributed by atoms with Gasteiger partial charge in [0.25, 0.3) is 0 Å². The van der Waals surface area contributed by atoms with Crippen molar-refractivity contribution >= 4 is 0 Å². The zero-order valence-electron chi connectivity index (χ0n) is 9.12. The third-order valence-corrected chi connectivity index (χ3v) is 2.48. The molecule has 6 nitrogen and oxygen atoms in total. The summed E-state index contributed by atoms with van der Waals surface area (Å²) >= 11 is 0. The molecule has 1 rings (SSSR count). The minimum Gasteiger partial charge on any atom is -0.387 e. The number of hydrogen-bond donors (Lipinski definition) is 2. The van der Waals surface area contributed by atoms with Crippen LogP contribution in [0.4, 0.5) is 0 Å². The lowest BCUT2D eigenvalue weighted by molar-refractivity contribution is -0.299. The largest absolute Gasteiger partial charge is 0.387 e. The first-order chi connectivity index (χ1) is 7.15. The van der Waals surface area contributed by atoms with Gasteiger partial charge in [-0.3, -0.25) is 0 Å². The van der Waals surface area contributed by atoms with Gasteiger partial charge in [0, 0.05) is 21.3 Å². The molecule has 0 radical (unpaired) electrons. The Hall–Kier alpha value is -0.240. The highest BCUT2D eigenvalue weighted by atomic mass is 16.7. The fraction of sp³-hybridized carbons (Fsp3) is 1.00. The van der Waals surface area contributed by atoms with Crippen LogP contribution in [0.3, 0.4) is 0 Å². The van der Waals surface area contributed by atoms with E-state index in [0.717, 1.165) is 0 Å². The second-order valence-electron chi connectivity index (χ2n) is 3.42. The van der Waals surface area contributed by atoms with Crippen LogP contribution < -0.4 is 0 Å². The zero-order chi connectivity index (χ0) is 11.4. The van der Waals surface area contributed by atoms with Crippen molar-refractivity contribution in [2.24, 2.45) is 0 Å². The molecular formula is C9H18O6. The molecule has 1 aliphatic rings. The Balaban J connectivity index is 2.70. The van der Waals surface area contributed by atoms with E-state index in [0.29, 0.717) is 0 Å². The van der Waals surface area contributed by atoms with E-state index >= 15 is 0 Å². The Labute approximate surface area is 88.7 Å². The van der Waals surface area contributed by atoms with Gasteiger partial charge in [-0.1, -0.05) is 0 Å². The molecule has 1 aliphatic heterocycles. The molecule has 5 atom stereocenters. The van der Waals surface area contributed by atoms with E-state index < -0.39 is 30.7 Å². The molecule has 0 aromatic rings. The van der Waals surface area contributed by atoms with E-state index in [1.165, 1.54) is 21.3 Å². The smallest absolute Gasteiger partial charge is 0.186 e. The average molecular weight is 222 g/mol. The molecule has 0 aliphatic carbocycles. The maximum absolute atomic E-state index is 9.75. The second-order valence-corrected chi connectivity index (χ2v) is 3.42. The van der Waals surface area contributed by atoms with Gasteiger partial charge in [-0.05, 0) is 0 Å². The van der Waals surface area contributed by atoms with Crippen molar-refractivity contribution in [1.29, 1.82) is 0 Å². The first-order valence-corrected chi connectivity index (χ1v) is 4.71. The van der Waals surface area contributed by atoms with E-state index in [1.54, 1.807) is 0 Å². The predicted octanol–water partition coefficient (Wildman–Crippen LogP) is -1.26. The highest BCUT2D eigenvalue weighted by Gasteiger charge is 2.44. The van der Waals surface area contributed by atoms with Gasteiger partial charge >= 0.3 is 0 Å². The topological polar surface area (TPSA) is 77.4 Å². The monoisotopic (exact) mass is 222 g/mol. The Kier molecular flexibility index (Phi) is 4.91. The number of ether oxygens (including phenoxy) is 4. The molecule has 6 heteroatoms. The van der Waals surface area contributed by atoms with E-state index in [4.69, 9.17) is 18.9 Å². The van der Waals surface area contributed by atoms with Crippen molar-refractivity contribution in [1.82, 2.24) is 0 Å². The number of rotatable bonds is 4. The SMILES string of the molecule is COC[C@H]1O[C@@H](OC)[C@@H](O)[C@@H](O)[C@@H]1OC. The van der Waals surface area contributed by atoms with Gasteiger partial charge in [-0.25, -0.2) is 0 Å². The molecule has 1 saturated heterocycles. The fourth-order valence-corrected chi connectivity index (χ4v) is 1.69. The van der Waals surface area contributed by atoms with Crippen LogP contribution in [0.5, 0.6) is 0 Å². The number of methoxy groups -OCH3 is 3.